The van der Waals surface area contributed by atoms with Gasteiger partial charge in [-0.25, -0.2) is 14.8 Å². The van der Waals surface area contributed by atoms with Crippen molar-refractivity contribution in [2.24, 2.45) is 10.7 Å². The number of hydrogen-bond acceptors (Lipinski definition) is 6. The number of carbonyl (C=O) groups is 1. The molecule has 7 nitrogen and oxygen atoms in total. The Balaban J connectivity index is 2.03. The van der Waals surface area contributed by atoms with E-state index in [4.69, 9.17) is 26.8 Å². The van der Waals surface area contributed by atoms with Crippen LogP contribution < -0.4 is 21.2 Å². The van der Waals surface area contributed by atoms with Crippen LogP contribution in [0.2, 0.25) is 0 Å². The second-order valence-electron chi connectivity index (χ2n) is 5.76. The molecule has 1 aromatic carbocycles. The van der Waals surface area contributed by atoms with Crippen molar-refractivity contribution in [1.29, 1.82) is 0 Å². The topological polar surface area (TPSA) is 91.7 Å². The van der Waals surface area contributed by atoms with Gasteiger partial charge in [-0.2, -0.15) is 0 Å². The van der Waals surface area contributed by atoms with Crippen LogP contribution in [0.3, 0.4) is 0 Å². The van der Waals surface area contributed by atoms with Crippen LogP contribution in [0, 0.1) is 0 Å². The minimum atomic E-state index is -0.409. The second kappa shape index (κ2) is 7.61. The number of fused-ring (bicyclic) bond motifs is 1. The Morgan fingerprint density at radius 3 is 2.92 bits per heavy atom. The molecule has 136 valence electrons. The molecule has 2 aromatic rings. The number of hydrogen-bond donors (Lipinski definition) is 1. The molecule has 2 N–H and O–H groups in total. The van der Waals surface area contributed by atoms with Gasteiger partial charge in [0.25, 0.3) is 0 Å². The fourth-order valence-electron chi connectivity index (χ4n) is 2.79. The number of aliphatic imine (C=N–C) groups is 1. The zero-order chi connectivity index (χ0) is 18.7. The van der Waals surface area contributed by atoms with Gasteiger partial charge >= 0.3 is 5.97 Å². The molecule has 1 aliphatic rings. The van der Waals surface area contributed by atoms with Gasteiger partial charge in [0.1, 0.15) is 16.9 Å². The summed E-state index contributed by atoms with van der Waals surface area (Å²) in [6.45, 7) is 0.507. The Hall–Kier alpha value is -2.80. The van der Waals surface area contributed by atoms with Crippen molar-refractivity contribution in [2.75, 3.05) is 14.2 Å². The molecule has 26 heavy (non-hydrogen) atoms. The lowest BCUT2D eigenvalue weighted by molar-refractivity contribution is 0.0600. The highest BCUT2D eigenvalue weighted by Gasteiger charge is 2.12. The lowest BCUT2D eigenvalue weighted by atomic mass is 10.1. The van der Waals surface area contributed by atoms with E-state index in [1.165, 1.54) is 7.11 Å². The number of rotatable bonds is 4. The van der Waals surface area contributed by atoms with Gasteiger partial charge in [-0.3, -0.25) is 0 Å². The van der Waals surface area contributed by atoms with E-state index in [9.17, 15) is 4.79 Å². The molecule has 0 saturated heterocycles. The molecule has 0 radical (unpaired) electrons. The summed E-state index contributed by atoms with van der Waals surface area (Å²) in [5.74, 6) is 0.679. The molecule has 0 fully saturated rings. The number of carbonyl (C=O) groups excluding carboxylic acids is 1. The molecule has 2 heterocycles. The Bertz CT molecular complexity index is 994. The molecular weight excluding hydrogens is 356 g/mol. The lowest BCUT2D eigenvalue weighted by Gasteiger charge is -2.11. The first-order chi connectivity index (χ1) is 12.5. The number of ether oxygens (including phenoxy) is 2. The van der Waals surface area contributed by atoms with E-state index in [1.807, 2.05) is 16.7 Å². The first-order valence-corrected chi connectivity index (χ1v) is 8.40. The average molecular weight is 375 g/mol. The number of esters is 1. The van der Waals surface area contributed by atoms with Crippen LogP contribution in [0.15, 0.2) is 29.5 Å². The molecule has 0 saturated carbocycles. The number of aromatic nitrogens is 2. The maximum Gasteiger partial charge on any atom is 0.337 e. The van der Waals surface area contributed by atoms with Crippen molar-refractivity contribution >= 4 is 34.6 Å². The third-order valence-corrected chi connectivity index (χ3v) is 4.37. The van der Waals surface area contributed by atoms with Crippen molar-refractivity contribution < 1.29 is 14.3 Å². The van der Waals surface area contributed by atoms with Crippen LogP contribution in [-0.4, -0.2) is 35.6 Å². The number of methoxy groups -OCH3 is 2. The molecular formula is C18H19ClN4O3. The van der Waals surface area contributed by atoms with E-state index < -0.39 is 5.97 Å². The SMILES string of the molecule is COC(=O)c1ccc(Cn2cnc3/c2=C\CC/C(N)=N\C=3Cl)c(OC)c1. The maximum absolute atomic E-state index is 11.7. The molecule has 0 aliphatic carbocycles. The van der Waals surface area contributed by atoms with Crippen molar-refractivity contribution in [1.82, 2.24) is 9.55 Å². The normalized spacial score (nSPS) is 19.2. The number of amidine groups is 1. The smallest absolute Gasteiger partial charge is 0.337 e. The van der Waals surface area contributed by atoms with Crippen LogP contribution in [0.1, 0.15) is 28.8 Å². The van der Waals surface area contributed by atoms with E-state index in [0.29, 0.717) is 35.5 Å². The van der Waals surface area contributed by atoms with Gasteiger partial charge in [0.2, 0.25) is 0 Å². The van der Waals surface area contributed by atoms with Crippen LogP contribution >= 0.6 is 11.6 Å². The quantitative estimate of drug-likeness (QED) is 0.635. The fourth-order valence-corrected chi connectivity index (χ4v) is 3.04. The summed E-state index contributed by atoms with van der Waals surface area (Å²) in [5.41, 5.74) is 7.14. The summed E-state index contributed by atoms with van der Waals surface area (Å²) in [6, 6.07) is 5.20. The Kier molecular flexibility index (Phi) is 5.27. The van der Waals surface area contributed by atoms with Crippen molar-refractivity contribution in [3.63, 3.8) is 0 Å². The summed E-state index contributed by atoms with van der Waals surface area (Å²) in [7, 11) is 2.91. The highest BCUT2D eigenvalue weighted by atomic mass is 35.5. The summed E-state index contributed by atoms with van der Waals surface area (Å²) in [5, 5.41) is 1.75. The zero-order valence-electron chi connectivity index (χ0n) is 14.5. The molecule has 0 atom stereocenters. The molecule has 0 amide bonds. The number of nitrogens with zero attached hydrogens (tertiary/aromatic N) is 3. The summed E-state index contributed by atoms with van der Waals surface area (Å²) in [6.07, 6.45) is 5.13. The highest BCUT2D eigenvalue weighted by molar-refractivity contribution is 6.45. The van der Waals surface area contributed by atoms with Crippen LogP contribution in [0.25, 0.3) is 11.2 Å². The third kappa shape index (κ3) is 3.57. The van der Waals surface area contributed by atoms with Crippen LogP contribution in [-0.2, 0) is 11.3 Å². The first-order valence-electron chi connectivity index (χ1n) is 8.03. The number of halogens is 1. The van der Waals surface area contributed by atoms with Gasteiger partial charge in [-0.1, -0.05) is 23.7 Å². The van der Waals surface area contributed by atoms with E-state index in [1.54, 1.807) is 25.6 Å². The second-order valence-corrected chi connectivity index (χ2v) is 6.12. The Labute approximate surface area is 155 Å². The number of benzene rings is 1. The maximum atomic E-state index is 11.7. The van der Waals surface area contributed by atoms with Gasteiger partial charge in [-0.05, 0) is 18.6 Å². The van der Waals surface area contributed by atoms with Gasteiger partial charge in [0.15, 0.2) is 5.16 Å². The Morgan fingerprint density at radius 1 is 1.38 bits per heavy atom. The van der Waals surface area contributed by atoms with E-state index in [0.717, 1.165) is 17.3 Å². The Morgan fingerprint density at radius 2 is 2.19 bits per heavy atom. The minimum Gasteiger partial charge on any atom is -0.496 e. The molecule has 0 unspecified atom stereocenters. The largest absolute Gasteiger partial charge is 0.496 e. The van der Waals surface area contributed by atoms with Crippen LogP contribution in [0.5, 0.6) is 5.75 Å². The molecule has 8 heteroatoms. The molecule has 1 aromatic heterocycles. The van der Waals surface area contributed by atoms with Crippen molar-refractivity contribution in [3.8, 4) is 5.75 Å². The van der Waals surface area contributed by atoms with E-state index in [-0.39, 0.29) is 5.16 Å². The zero-order valence-corrected chi connectivity index (χ0v) is 15.3. The lowest BCUT2D eigenvalue weighted by Crippen LogP contribution is -2.33. The molecule has 3 rings (SSSR count). The number of imidazole rings is 1. The third-order valence-electron chi connectivity index (χ3n) is 4.10. The van der Waals surface area contributed by atoms with Crippen molar-refractivity contribution in [3.05, 3.63) is 46.4 Å². The average Bonchev–Trinajstić information content (AvgIpc) is 3.02. The molecule has 0 bridgehead atoms. The fraction of sp³-hybridized carbons (Fsp3) is 0.278. The van der Waals surface area contributed by atoms with Crippen molar-refractivity contribution in [2.45, 2.75) is 19.4 Å². The standard InChI is InChI=1S/C18H19ClN4O3/c1-25-14-8-11(18(24)26-2)6-7-12(14)9-23-10-21-16-13(23)4-3-5-15(20)22-17(16)19/h4,6-8,10H,3,5,9H2,1-2H3,(H2,20,22)/b13-4+,17-16+. The summed E-state index contributed by atoms with van der Waals surface area (Å²) in [4.78, 5) is 20.2. The first kappa shape index (κ1) is 18.0. The van der Waals surface area contributed by atoms with E-state index >= 15 is 0 Å². The van der Waals surface area contributed by atoms with E-state index in [2.05, 4.69) is 9.98 Å². The molecule has 1 aliphatic heterocycles. The summed E-state index contributed by atoms with van der Waals surface area (Å²) < 4.78 is 12.1. The predicted octanol–water partition coefficient (Wildman–Crippen LogP) is 0.963. The monoisotopic (exact) mass is 374 g/mol. The van der Waals surface area contributed by atoms with Crippen LogP contribution in [0.4, 0.5) is 0 Å². The van der Waals surface area contributed by atoms with Gasteiger partial charge in [0.05, 0.1) is 38.0 Å². The highest BCUT2D eigenvalue weighted by Crippen LogP contribution is 2.21. The molecule has 0 spiro atoms. The minimum absolute atomic E-state index is 0.278. The predicted molar refractivity (Wildman–Crippen MR) is 99.5 cm³/mol. The van der Waals surface area contributed by atoms with Gasteiger partial charge < -0.3 is 19.8 Å². The van der Waals surface area contributed by atoms with Gasteiger partial charge in [-0.15, -0.1) is 0 Å². The number of nitrogens with two attached hydrogens (primary N) is 1. The van der Waals surface area contributed by atoms with Gasteiger partial charge in [0, 0.05) is 12.0 Å². The summed E-state index contributed by atoms with van der Waals surface area (Å²) >= 11 is 6.24.